The van der Waals surface area contributed by atoms with Crippen molar-refractivity contribution in [1.82, 2.24) is 10.6 Å². The van der Waals surface area contributed by atoms with E-state index in [1.807, 2.05) is 62.4 Å². The summed E-state index contributed by atoms with van der Waals surface area (Å²) in [7, 11) is 0. The maximum atomic E-state index is 6.83. The fraction of sp³-hybridized carbons (Fsp3) is 0.474. The maximum Gasteiger partial charge on any atom is 0.162 e. The summed E-state index contributed by atoms with van der Waals surface area (Å²) in [5.41, 5.74) is 2.16. The molecule has 6 unspecified atom stereocenters. The first kappa shape index (κ1) is 32.4. The molecule has 0 aromatic heterocycles. The van der Waals surface area contributed by atoms with Crippen molar-refractivity contribution in [2.24, 2.45) is 0 Å². The molecule has 3 aliphatic rings. The highest BCUT2D eigenvalue weighted by atomic mass is 16.6. The molecule has 2 heterocycles. The van der Waals surface area contributed by atoms with Gasteiger partial charge >= 0.3 is 0 Å². The zero-order chi connectivity index (χ0) is 31.6. The van der Waals surface area contributed by atoms with Gasteiger partial charge in [-0.05, 0) is 49.9 Å². The number of benzene rings is 3. The topological polar surface area (TPSA) is 79.4 Å². The van der Waals surface area contributed by atoms with Crippen LogP contribution in [0.2, 0.25) is 0 Å². The zero-order valence-electron chi connectivity index (χ0n) is 27.1. The molecule has 8 nitrogen and oxygen atoms in total. The van der Waals surface area contributed by atoms with E-state index in [1.165, 1.54) is 0 Å². The fourth-order valence-electron chi connectivity index (χ4n) is 6.57. The summed E-state index contributed by atoms with van der Waals surface area (Å²) in [5.74, 6) is 3.39. The van der Waals surface area contributed by atoms with Crippen molar-refractivity contribution < 1.29 is 28.4 Å². The van der Waals surface area contributed by atoms with Crippen LogP contribution in [0.1, 0.15) is 62.9 Å². The van der Waals surface area contributed by atoms with Gasteiger partial charge in [0.2, 0.25) is 0 Å². The summed E-state index contributed by atoms with van der Waals surface area (Å²) in [6.45, 7) is 7.77. The average Bonchev–Trinajstić information content (AvgIpc) is 3.12. The second-order valence-corrected chi connectivity index (χ2v) is 12.0. The van der Waals surface area contributed by atoms with E-state index < -0.39 is 0 Å². The minimum absolute atomic E-state index is 0.0167. The lowest BCUT2D eigenvalue weighted by molar-refractivity contribution is -0.137. The van der Waals surface area contributed by atoms with Gasteiger partial charge in [0.25, 0.3) is 0 Å². The summed E-state index contributed by atoms with van der Waals surface area (Å²) in [4.78, 5) is 0. The summed E-state index contributed by atoms with van der Waals surface area (Å²) >= 11 is 0. The van der Waals surface area contributed by atoms with Crippen LogP contribution >= 0.6 is 0 Å². The van der Waals surface area contributed by atoms with Crippen molar-refractivity contribution in [1.29, 1.82) is 0 Å². The molecule has 0 amide bonds. The molecule has 2 saturated heterocycles. The van der Waals surface area contributed by atoms with Crippen molar-refractivity contribution in [3.8, 4) is 11.5 Å². The molecule has 6 atom stereocenters. The van der Waals surface area contributed by atoms with E-state index in [1.54, 1.807) is 0 Å². The molecule has 3 aromatic carbocycles. The van der Waals surface area contributed by atoms with Crippen molar-refractivity contribution in [2.75, 3.05) is 39.5 Å². The van der Waals surface area contributed by atoms with Gasteiger partial charge in [0, 0.05) is 32.5 Å². The molecule has 6 rings (SSSR count). The fourth-order valence-corrected chi connectivity index (χ4v) is 6.57. The van der Waals surface area contributed by atoms with Crippen LogP contribution in [0.15, 0.2) is 96.4 Å². The monoisotopic (exact) mass is 628 g/mol. The Morgan fingerprint density at radius 1 is 0.674 bits per heavy atom. The molecule has 0 saturated carbocycles. The Bertz CT molecular complexity index is 1380. The first-order chi connectivity index (χ1) is 22.7. The normalized spacial score (nSPS) is 24.9. The quantitative estimate of drug-likeness (QED) is 0.222. The lowest BCUT2D eigenvalue weighted by Crippen LogP contribution is -2.60. The third-order valence-corrected chi connectivity index (χ3v) is 8.85. The number of hydrogen-bond donors (Lipinski definition) is 2. The van der Waals surface area contributed by atoms with Gasteiger partial charge in [-0.15, -0.1) is 0 Å². The van der Waals surface area contributed by atoms with Crippen LogP contribution in [0.3, 0.4) is 0 Å². The Kier molecular flexibility index (Phi) is 11.5. The van der Waals surface area contributed by atoms with Crippen LogP contribution < -0.4 is 20.1 Å². The van der Waals surface area contributed by atoms with Gasteiger partial charge in [-0.3, -0.25) is 0 Å². The van der Waals surface area contributed by atoms with Gasteiger partial charge in [0.1, 0.15) is 23.7 Å². The summed E-state index contributed by atoms with van der Waals surface area (Å²) in [5, 5.41) is 7.37. The predicted octanol–water partition coefficient (Wildman–Crippen LogP) is 6.50. The molecule has 2 fully saturated rings. The molecular formula is C38H48N2O6. The third-order valence-electron chi connectivity index (χ3n) is 8.85. The number of morpholine rings is 2. The van der Waals surface area contributed by atoms with Crippen LogP contribution in [0, 0.1) is 0 Å². The Morgan fingerprint density at radius 2 is 1.30 bits per heavy atom. The number of ether oxygens (including phenoxy) is 6. The number of para-hydroxylation sites is 2. The highest BCUT2D eigenvalue weighted by Gasteiger charge is 2.39. The highest BCUT2D eigenvalue weighted by Crippen LogP contribution is 2.36. The predicted molar refractivity (Wildman–Crippen MR) is 178 cm³/mol. The summed E-state index contributed by atoms with van der Waals surface area (Å²) < 4.78 is 38.8. The lowest BCUT2D eigenvalue weighted by atomic mass is 9.98. The van der Waals surface area contributed by atoms with Gasteiger partial charge in [-0.2, -0.15) is 0 Å². The largest absolute Gasteiger partial charge is 0.495 e. The standard InChI is InChI=1S/C38H48N2O6/c1-3-41-30-19-11-13-21-32(30)45-37(27-15-7-5-8-16-27)35-25-40-29(26-43-35)34-23-39-24-36(44-34)38(28-17-9-6-10-18-28)46-33-22-14-12-20-31(33)42-4-2/h5-10,12,14-18,20,22,29,34-40H,3-4,11,13,19,21,23-26H2,1-2H3. The van der Waals surface area contributed by atoms with Gasteiger partial charge < -0.3 is 39.1 Å². The highest BCUT2D eigenvalue weighted by molar-refractivity contribution is 5.40. The molecule has 46 heavy (non-hydrogen) atoms. The van der Waals surface area contributed by atoms with Gasteiger partial charge in [0.05, 0.1) is 32.0 Å². The zero-order valence-corrected chi connectivity index (χ0v) is 27.1. The van der Waals surface area contributed by atoms with Crippen LogP contribution in [-0.2, 0) is 18.9 Å². The lowest BCUT2D eigenvalue weighted by Gasteiger charge is -2.42. The number of nitrogens with one attached hydrogen (secondary N) is 2. The molecule has 246 valence electrons. The van der Waals surface area contributed by atoms with Crippen molar-refractivity contribution in [2.45, 2.75) is 76.1 Å². The van der Waals surface area contributed by atoms with Crippen LogP contribution in [0.5, 0.6) is 11.5 Å². The average molecular weight is 629 g/mol. The second kappa shape index (κ2) is 16.3. The van der Waals surface area contributed by atoms with Gasteiger partial charge in [-0.25, -0.2) is 0 Å². The minimum Gasteiger partial charge on any atom is -0.495 e. The Labute approximate surface area is 273 Å². The molecule has 1 aliphatic carbocycles. The molecule has 2 N–H and O–H groups in total. The SMILES string of the molecule is CCOC1=C(OC(c2ccccc2)C2CNC(C3CNCC(C(Oc4ccccc4OCC)c4ccccc4)O3)CO2)CCCC1. The maximum absolute atomic E-state index is 6.83. The Hall–Kier alpha value is -3.56. The van der Waals surface area contributed by atoms with Gasteiger partial charge in [0.15, 0.2) is 23.7 Å². The van der Waals surface area contributed by atoms with E-state index in [4.69, 9.17) is 28.4 Å². The van der Waals surface area contributed by atoms with Crippen molar-refractivity contribution >= 4 is 0 Å². The first-order valence-electron chi connectivity index (χ1n) is 16.9. The minimum atomic E-state index is -0.325. The van der Waals surface area contributed by atoms with Gasteiger partial charge in [-0.1, -0.05) is 72.8 Å². The number of hydrogen-bond acceptors (Lipinski definition) is 8. The van der Waals surface area contributed by atoms with Crippen LogP contribution in [-0.4, -0.2) is 63.8 Å². The molecule has 0 radical (unpaired) electrons. The molecule has 3 aromatic rings. The molecule has 0 spiro atoms. The van der Waals surface area contributed by atoms with E-state index >= 15 is 0 Å². The summed E-state index contributed by atoms with van der Waals surface area (Å²) in [6, 6.07) is 28.5. The number of rotatable bonds is 13. The molecule has 8 heteroatoms. The van der Waals surface area contributed by atoms with E-state index in [2.05, 4.69) is 47.0 Å². The van der Waals surface area contributed by atoms with Crippen molar-refractivity contribution in [3.05, 3.63) is 108 Å². The Morgan fingerprint density at radius 3 is 1.96 bits per heavy atom. The molecule has 0 bridgehead atoms. The van der Waals surface area contributed by atoms with E-state index in [-0.39, 0.29) is 36.6 Å². The first-order valence-corrected chi connectivity index (χ1v) is 16.9. The van der Waals surface area contributed by atoms with Crippen molar-refractivity contribution in [3.63, 3.8) is 0 Å². The summed E-state index contributed by atoms with van der Waals surface area (Å²) in [6.07, 6.45) is 3.03. The van der Waals surface area contributed by atoms with Crippen LogP contribution in [0.4, 0.5) is 0 Å². The Balaban J connectivity index is 1.15. The number of allylic oxidation sites excluding steroid dienone is 2. The van der Waals surface area contributed by atoms with E-state index in [0.29, 0.717) is 38.7 Å². The second-order valence-electron chi connectivity index (χ2n) is 12.0. The molecule has 2 aliphatic heterocycles. The van der Waals surface area contributed by atoms with E-state index in [0.717, 1.165) is 60.6 Å². The van der Waals surface area contributed by atoms with Crippen LogP contribution in [0.25, 0.3) is 0 Å². The third kappa shape index (κ3) is 8.04. The van der Waals surface area contributed by atoms with E-state index in [9.17, 15) is 0 Å². The molecular weight excluding hydrogens is 580 g/mol. The smallest absolute Gasteiger partial charge is 0.162 e.